The molecular formula is C29H39ClN4O2. The fourth-order valence-electron chi connectivity index (χ4n) is 5.65. The maximum Gasteiger partial charge on any atom is 0.223 e. The smallest absolute Gasteiger partial charge is 0.223 e. The maximum atomic E-state index is 13.6. The Balaban J connectivity index is 1.52. The van der Waals surface area contributed by atoms with Crippen LogP contribution in [-0.4, -0.2) is 70.3 Å². The molecule has 2 saturated heterocycles. The van der Waals surface area contributed by atoms with E-state index in [2.05, 4.69) is 48.8 Å². The normalized spacial score (nSPS) is 20.9. The molecule has 0 aliphatic carbocycles. The highest BCUT2D eigenvalue weighted by molar-refractivity contribution is 6.30. The second-order valence-electron chi connectivity index (χ2n) is 11.3. The third-order valence-electron chi connectivity index (χ3n) is 7.77. The van der Waals surface area contributed by atoms with Crippen LogP contribution >= 0.6 is 11.6 Å². The molecule has 0 saturated carbocycles. The number of piperidine rings is 1. The molecule has 2 aromatic rings. The third-order valence-corrected chi connectivity index (χ3v) is 8.03. The Labute approximate surface area is 220 Å². The first kappa shape index (κ1) is 26.6. The molecule has 2 aliphatic heterocycles. The molecule has 4 rings (SSSR count). The summed E-state index contributed by atoms with van der Waals surface area (Å²) >= 11 is 6.20. The summed E-state index contributed by atoms with van der Waals surface area (Å²) in [4.78, 5) is 36.5. The zero-order valence-corrected chi connectivity index (χ0v) is 22.7. The average molecular weight is 511 g/mol. The first-order chi connectivity index (χ1) is 17.1. The van der Waals surface area contributed by atoms with E-state index >= 15 is 0 Å². The minimum absolute atomic E-state index is 0.00137. The molecule has 6 nitrogen and oxygen atoms in total. The molecule has 0 N–H and O–H groups in total. The van der Waals surface area contributed by atoms with Crippen molar-refractivity contribution in [2.45, 2.75) is 59.0 Å². The van der Waals surface area contributed by atoms with Crippen molar-refractivity contribution in [1.29, 1.82) is 0 Å². The Morgan fingerprint density at radius 2 is 1.72 bits per heavy atom. The Bertz CT molecular complexity index is 1030. The van der Waals surface area contributed by atoms with Crippen LogP contribution in [0.25, 0.3) is 0 Å². The van der Waals surface area contributed by atoms with E-state index in [9.17, 15) is 9.59 Å². The van der Waals surface area contributed by atoms with Crippen LogP contribution in [0, 0.1) is 11.3 Å². The van der Waals surface area contributed by atoms with E-state index in [1.807, 2.05) is 35.4 Å². The Morgan fingerprint density at radius 1 is 1.03 bits per heavy atom. The summed E-state index contributed by atoms with van der Waals surface area (Å²) in [6.07, 6.45) is 4.23. The number of hydrogen-bond acceptors (Lipinski definition) is 4. The van der Waals surface area contributed by atoms with Gasteiger partial charge in [0.25, 0.3) is 0 Å². The first-order valence-corrected chi connectivity index (χ1v) is 13.5. The van der Waals surface area contributed by atoms with E-state index in [0.717, 1.165) is 55.3 Å². The van der Waals surface area contributed by atoms with Crippen LogP contribution < -0.4 is 0 Å². The van der Waals surface area contributed by atoms with Gasteiger partial charge in [-0.2, -0.15) is 0 Å². The summed E-state index contributed by atoms with van der Waals surface area (Å²) in [6, 6.07) is 14.2. The van der Waals surface area contributed by atoms with Crippen LogP contribution in [0.3, 0.4) is 0 Å². The number of hydrogen-bond donors (Lipinski definition) is 0. The number of benzene rings is 1. The molecule has 7 heteroatoms. The highest BCUT2D eigenvalue weighted by atomic mass is 35.5. The summed E-state index contributed by atoms with van der Waals surface area (Å²) < 4.78 is 0. The van der Waals surface area contributed by atoms with Crippen LogP contribution in [0.4, 0.5) is 0 Å². The van der Waals surface area contributed by atoms with Crippen LogP contribution in [0.2, 0.25) is 5.02 Å². The summed E-state index contributed by atoms with van der Waals surface area (Å²) in [7, 11) is 0. The lowest BCUT2D eigenvalue weighted by atomic mass is 9.82. The molecule has 3 heterocycles. The SMILES string of the molecule is CC(=O)N1CCC(CC(=O)N2CCN(C(c3ccc(Cl)cc3)c3ccccn3)CC2C(C)(C)C)CC1. The molecule has 2 fully saturated rings. The van der Waals surface area contributed by atoms with Crippen molar-refractivity contribution >= 4 is 23.4 Å². The molecule has 0 radical (unpaired) electrons. The van der Waals surface area contributed by atoms with E-state index in [1.165, 1.54) is 0 Å². The topological polar surface area (TPSA) is 56.8 Å². The van der Waals surface area contributed by atoms with Crippen LogP contribution in [0.1, 0.15) is 64.3 Å². The van der Waals surface area contributed by atoms with E-state index < -0.39 is 0 Å². The van der Waals surface area contributed by atoms with E-state index in [1.54, 1.807) is 6.92 Å². The van der Waals surface area contributed by atoms with Crippen LogP contribution in [-0.2, 0) is 9.59 Å². The van der Waals surface area contributed by atoms with Gasteiger partial charge in [0.15, 0.2) is 0 Å². The molecule has 2 atom stereocenters. The van der Waals surface area contributed by atoms with Gasteiger partial charge in [-0.05, 0) is 54.0 Å². The average Bonchev–Trinajstić information content (AvgIpc) is 2.86. The van der Waals surface area contributed by atoms with Crippen molar-refractivity contribution in [3.63, 3.8) is 0 Å². The molecule has 2 aliphatic rings. The minimum Gasteiger partial charge on any atom is -0.343 e. The van der Waals surface area contributed by atoms with Crippen molar-refractivity contribution in [2.24, 2.45) is 11.3 Å². The zero-order valence-electron chi connectivity index (χ0n) is 22.0. The van der Waals surface area contributed by atoms with E-state index in [0.29, 0.717) is 18.9 Å². The summed E-state index contributed by atoms with van der Waals surface area (Å²) in [5.74, 6) is 0.727. The van der Waals surface area contributed by atoms with E-state index in [4.69, 9.17) is 16.6 Å². The highest BCUT2D eigenvalue weighted by Crippen LogP contribution is 2.35. The lowest BCUT2D eigenvalue weighted by Crippen LogP contribution is -2.60. The van der Waals surface area contributed by atoms with Gasteiger partial charge in [-0.15, -0.1) is 0 Å². The lowest BCUT2D eigenvalue weighted by Gasteiger charge is -2.49. The fraction of sp³-hybridized carbons (Fsp3) is 0.552. The van der Waals surface area contributed by atoms with Gasteiger partial charge in [0.05, 0.1) is 11.7 Å². The van der Waals surface area contributed by atoms with Gasteiger partial charge in [0, 0.05) is 63.3 Å². The molecule has 2 unspecified atom stereocenters. The number of aromatic nitrogens is 1. The lowest BCUT2D eigenvalue weighted by molar-refractivity contribution is -0.141. The molecule has 1 aromatic carbocycles. The zero-order chi connectivity index (χ0) is 25.9. The summed E-state index contributed by atoms with van der Waals surface area (Å²) in [5, 5.41) is 0.718. The Morgan fingerprint density at radius 3 is 2.31 bits per heavy atom. The van der Waals surface area contributed by atoms with Gasteiger partial charge in [-0.3, -0.25) is 19.5 Å². The Hall–Kier alpha value is -2.44. The number of nitrogens with zero attached hydrogens (tertiary/aromatic N) is 4. The quantitative estimate of drug-likeness (QED) is 0.566. The molecule has 0 bridgehead atoms. The van der Waals surface area contributed by atoms with Gasteiger partial charge >= 0.3 is 0 Å². The fourth-order valence-corrected chi connectivity index (χ4v) is 5.77. The van der Waals surface area contributed by atoms with Gasteiger partial charge in [0.1, 0.15) is 0 Å². The number of halogens is 1. The van der Waals surface area contributed by atoms with Gasteiger partial charge in [-0.25, -0.2) is 0 Å². The maximum absolute atomic E-state index is 13.6. The van der Waals surface area contributed by atoms with Gasteiger partial charge < -0.3 is 9.80 Å². The number of amides is 2. The van der Waals surface area contributed by atoms with Crippen molar-refractivity contribution in [2.75, 3.05) is 32.7 Å². The molecular weight excluding hydrogens is 472 g/mol. The molecule has 1 aromatic heterocycles. The highest BCUT2D eigenvalue weighted by Gasteiger charge is 2.41. The second-order valence-corrected chi connectivity index (χ2v) is 11.8. The summed E-state index contributed by atoms with van der Waals surface area (Å²) in [5.41, 5.74) is 2.09. The number of piperazine rings is 1. The van der Waals surface area contributed by atoms with Crippen molar-refractivity contribution < 1.29 is 9.59 Å². The minimum atomic E-state index is -0.0685. The van der Waals surface area contributed by atoms with Crippen LogP contribution in [0.15, 0.2) is 48.7 Å². The predicted octanol–water partition coefficient (Wildman–Crippen LogP) is 5.03. The summed E-state index contributed by atoms with van der Waals surface area (Å²) in [6.45, 7) is 12.1. The third kappa shape index (κ3) is 6.27. The largest absolute Gasteiger partial charge is 0.343 e. The standard InChI is InChI=1S/C29H39ClN4O2/c1-21(35)32-15-12-22(13-16-32)19-27(36)34-18-17-33(20-26(34)29(2,3)4)28(25-7-5-6-14-31-25)23-8-10-24(30)11-9-23/h5-11,14,22,26,28H,12-13,15-20H2,1-4H3. The van der Waals surface area contributed by atoms with Gasteiger partial charge in [-0.1, -0.05) is 50.6 Å². The molecule has 194 valence electrons. The van der Waals surface area contributed by atoms with E-state index in [-0.39, 0.29) is 29.3 Å². The van der Waals surface area contributed by atoms with Crippen molar-refractivity contribution in [1.82, 2.24) is 19.7 Å². The van der Waals surface area contributed by atoms with Gasteiger partial charge in [0.2, 0.25) is 11.8 Å². The molecule has 2 amide bonds. The van der Waals surface area contributed by atoms with Crippen LogP contribution in [0.5, 0.6) is 0 Å². The number of rotatable bonds is 5. The molecule has 36 heavy (non-hydrogen) atoms. The predicted molar refractivity (Wildman–Crippen MR) is 144 cm³/mol. The second kappa shape index (κ2) is 11.3. The number of carbonyl (C=O) groups is 2. The number of carbonyl (C=O) groups excluding carboxylic acids is 2. The molecule has 0 spiro atoms. The Kier molecular flexibility index (Phi) is 8.36. The number of likely N-dealkylation sites (tertiary alicyclic amines) is 1. The monoisotopic (exact) mass is 510 g/mol. The first-order valence-electron chi connectivity index (χ1n) is 13.1. The van der Waals surface area contributed by atoms with Crippen molar-refractivity contribution in [3.8, 4) is 0 Å². The van der Waals surface area contributed by atoms with Crippen molar-refractivity contribution in [3.05, 3.63) is 64.9 Å². The number of pyridine rings is 1.